The van der Waals surface area contributed by atoms with E-state index in [1.54, 1.807) is 0 Å². The van der Waals surface area contributed by atoms with Gasteiger partial charge in [-0.3, -0.25) is 9.80 Å². The first-order valence-electron chi connectivity index (χ1n) is 46.1. The standard InChI is InChI=1S/C27H35N5O3.C26H32N4O3.C25H28N4O3.C24H28N4O4/c1-5-32(6-2)14-13-28-17-21-18-29-23-11-9-19(15-22(21)23)26-30-27(35-31-26)20-10-12-24(33-7-3)25(16-20)34-8-4;1-5-31-22-14-13-18(16-23(22)32-6-2)26-28-25(29-33-26)20-11-9-12-21-24(20)19(17-27-21)10-7-8-15-30(3)4;1-3-30-22-10-8-18(14-23(22)31-4-2)25-27-24(28-32-25)17-7-9-21-20(13-17)19(15-26-21)16-29-11-5-6-12-29;1-4-30-20-10-9-16(13-21(20)31-5-2)24-26-23(27-32-24)18-7-6-8-19-22(18)17(14-25-19)15-28(3)11-12-29/h9-12,15-16,18,28-29H,5-8,13-14,17H2,1-4H3;9,11-14,16-17,27H,5-8,10,15H2,1-4H3;7-10,13-15,26H,3-6,11-12,16H2,1-2H3;6-10,13-14,25,29H,4-5,11-12,15H2,1-3H3. The molecule has 1 aliphatic heterocycles. The van der Waals surface area contributed by atoms with Crippen molar-refractivity contribution in [2.45, 2.75) is 121 Å². The zero-order valence-corrected chi connectivity index (χ0v) is 78.1. The number of aromatic nitrogens is 12. The van der Waals surface area contributed by atoms with E-state index in [1.165, 1.54) is 48.0 Å². The van der Waals surface area contributed by atoms with E-state index in [0.717, 1.165) is 153 Å². The van der Waals surface area contributed by atoms with Gasteiger partial charge in [-0.1, -0.05) is 58.7 Å². The molecule has 1 fully saturated rings. The number of aromatic amines is 4. The third kappa shape index (κ3) is 23.7. The molecule has 1 aliphatic rings. The lowest BCUT2D eigenvalue weighted by atomic mass is 10.0. The minimum Gasteiger partial charge on any atom is -0.490 e. The Morgan fingerprint density at radius 1 is 0.386 bits per heavy atom. The number of H-pyrrole nitrogens is 4. The number of likely N-dealkylation sites (tertiary alicyclic amines) is 1. The molecule has 0 bridgehead atoms. The molecule has 132 heavy (non-hydrogen) atoms. The van der Waals surface area contributed by atoms with E-state index < -0.39 is 0 Å². The molecule has 0 radical (unpaired) electrons. The van der Waals surface area contributed by atoms with Gasteiger partial charge in [0.05, 0.1) is 59.5 Å². The molecule has 0 unspecified atom stereocenters. The number of fused-ring (bicyclic) bond motifs is 4. The first kappa shape index (κ1) is 94.7. The minimum atomic E-state index is 0.117. The average molecular weight is 1800 g/mol. The van der Waals surface area contributed by atoms with Crippen molar-refractivity contribution in [2.24, 2.45) is 0 Å². The van der Waals surface area contributed by atoms with Gasteiger partial charge in [0.15, 0.2) is 46.0 Å². The molecule has 694 valence electrons. The summed E-state index contributed by atoms with van der Waals surface area (Å²) in [6.45, 7) is 35.1. The number of nitrogens with zero attached hydrogens (tertiary/aromatic N) is 12. The second kappa shape index (κ2) is 46.9. The Bertz CT molecular complexity index is 6330. The maximum absolute atomic E-state index is 9.22. The number of unbranched alkanes of at least 4 members (excludes halogenated alkanes) is 1. The van der Waals surface area contributed by atoms with Gasteiger partial charge < -0.3 is 96.1 Å². The van der Waals surface area contributed by atoms with Gasteiger partial charge in [0.25, 0.3) is 23.6 Å². The van der Waals surface area contributed by atoms with Crippen LogP contribution in [0.1, 0.15) is 117 Å². The van der Waals surface area contributed by atoms with E-state index in [-0.39, 0.29) is 6.61 Å². The fourth-order valence-corrected chi connectivity index (χ4v) is 16.1. The van der Waals surface area contributed by atoms with Crippen LogP contribution in [0.25, 0.3) is 135 Å². The highest BCUT2D eigenvalue weighted by molar-refractivity contribution is 5.98. The SMILES string of the molecule is CCOc1ccc(-c2nc(-c3ccc4[nH]cc(CN5CCCC5)c4c3)no2)cc1OCC.CCOc1ccc(-c2nc(-c3ccc4[nH]cc(CNCCN(CC)CC)c4c3)no2)cc1OCC.CCOc1ccc(-c2nc(-c3cccc4[nH]cc(CCCCN(C)C)c34)no2)cc1OCC.CCOc1ccc(-c2nc(-c3cccc4[nH]cc(CN(C)CCO)c34)no2)cc1OCC. The molecule has 17 rings (SSSR count). The number of rotatable bonds is 42. The van der Waals surface area contributed by atoms with Gasteiger partial charge in [-0.15, -0.1) is 0 Å². The number of aliphatic hydroxyl groups excluding tert-OH is 1. The number of hydrogen-bond donors (Lipinski definition) is 6. The first-order valence-corrected chi connectivity index (χ1v) is 46.1. The van der Waals surface area contributed by atoms with Crippen molar-refractivity contribution < 1.29 is 61.1 Å². The highest BCUT2D eigenvalue weighted by atomic mass is 16.5. The van der Waals surface area contributed by atoms with Crippen LogP contribution in [0.15, 0.2) is 188 Å². The number of ether oxygens (including phenoxy) is 8. The highest BCUT2D eigenvalue weighted by Crippen LogP contribution is 2.41. The summed E-state index contributed by atoms with van der Waals surface area (Å²) in [7, 11) is 6.20. The predicted octanol–water partition coefficient (Wildman–Crippen LogP) is 20.1. The van der Waals surface area contributed by atoms with Gasteiger partial charge in [-0.05, 0) is 285 Å². The monoisotopic (exact) mass is 1790 g/mol. The summed E-state index contributed by atoms with van der Waals surface area (Å²) in [4.78, 5) is 41.4. The van der Waals surface area contributed by atoms with E-state index in [9.17, 15) is 5.11 Å². The molecular formula is C102H123N17O13. The van der Waals surface area contributed by atoms with Gasteiger partial charge >= 0.3 is 0 Å². The second-order valence-electron chi connectivity index (χ2n) is 31.9. The molecule has 0 saturated carbocycles. The Labute approximate surface area is 770 Å². The van der Waals surface area contributed by atoms with Crippen LogP contribution in [0.5, 0.6) is 46.0 Å². The van der Waals surface area contributed by atoms with Crippen LogP contribution in [0, 0.1) is 0 Å². The van der Waals surface area contributed by atoms with Gasteiger partial charge in [-0.25, -0.2) is 0 Å². The summed E-state index contributed by atoms with van der Waals surface area (Å²) in [5.41, 5.74) is 16.1. The highest BCUT2D eigenvalue weighted by Gasteiger charge is 2.25. The smallest absolute Gasteiger partial charge is 0.258 e. The molecule has 0 spiro atoms. The number of aliphatic hydroxyl groups is 1. The number of nitrogens with one attached hydrogen (secondary N) is 5. The van der Waals surface area contributed by atoms with Gasteiger partial charge in [0.2, 0.25) is 23.3 Å². The molecule has 30 nitrogen and oxygen atoms in total. The van der Waals surface area contributed by atoms with Crippen LogP contribution in [-0.2, 0) is 26.1 Å². The van der Waals surface area contributed by atoms with E-state index in [4.69, 9.17) is 61.0 Å². The lowest BCUT2D eigenvalue weighted by Gasteiger charge is -2.17. The Morgan fingerprint density at radius 2 is 0.765 bits per heavy atom. The summed E-state index contributed by atoms with van der Waals surface area (Å²) < 4.78 is 68.0. The molecule has 9 heterocycles. The van der Waals surface area contributed by atoms with Crippen LogP contribution in [0.4, 0.5) is 0 Å². The van der Waals surface area contributed by atoms with E-state index in [1.807, 2.05) is 178 Å². The van der Waals surface area contributed by atoms with Crippen molar-refractivity contribution in [3.8, 4) is 137 Å². The Balaban J connectivity index is 0.000000142. The first-order chi connectivity index (χ1) is 64.6. The molecule has 0 amide bonds. The summed E-state index contributed by atoms with van der Waals surface area (Å²) in [5.74, 6) is 9.44. The normalized spacial score (nSPS) is 12.1. The van der Waals surface area contributed by atoms with E-state index in [2.05, 4.69) is 163 Å². The van der Waals surface area contributed by atoms with Crippen LogP contribution in [0.2, 0.25) is 0 Å². The zero-order valence-electron chi connectivity index (χ0n) is 78.1. The number of likely N-dealkylation sites (N-methyl/N-ethyl adjacent to an activating group) is 2. The molecule has 30 heteroatoms. The average Bonchev–Trinajstić information content (AvgIpc) is 1.64. The summed E-state index contributed by atoms with van der Waals surface area (Å²) in [6.07, 6.45) is 14.1. The molecule has 1 saturated heterocycles. The van der Waals surface area contributed by atoms with Crippen LogP contribution in [-0.4, -0.2) is 218 Å². The summed E-state index contributed by atoms with van der Waals surface area (Å²) >= 11 is 0. The summed E-state index contributed by atoms with van der Waals surface area (Å²) in [6, 6.07) is 47.2. The lowest BCUT2D eigenvalue weighted by molar-refractivity contribution is 0.217. The molecule has 8 aromatic carbocycles. The zero-order chi connectivity index (χ0) is 92.2. The number of benzene rings is 8. The van der Waals surface area contributed by atoms with Gasteiger partial charge in [-0.2, -0.15) is 19.9 Å². The fraction of sp³-hybridized carbons (Fsp3) is 0.373. The minimum absolute atomic E-state index is 0.117. The second-order valence-corrected chi connectivity index (χ2v) is 31.9. The summed E-state index contributed by atoms with van der Waals surface area (Å²) in [5, 5.41) is 34.4. The topological polar surface area (TPSA) is 338 Å². The van der Waals surface area contributed by atoms with Crippen molar-refractivity contribution in [3.63, 3.8) is 0 Å². The molecule has 16 aromatic rings. The van der Waals surface area contributed by atoms with Crippen LogP contribution >= 0.6 is 0 Å². The van der Waals surface area contributed by atoms with Crippen LogP contribution in [0.3, 0.4) is 0 Å². The Kier molecular flexibility index (Phi) is 33.7. The maximum atomic E-state index is 9.22. The lowest BCUT2D eigenvalue weighted by Crippen LogP contribution is -2.31. The van der Waals surface area contributed by atoms with Crippen LogP contribution < -0.4 is 43.2 Å². The largest absolute Gasteiger partial charge is 0.490 e. The fourth-order valence-electron chi connectivity index (χ4n) is 16.1. The molecule has 0 atom stereocenters. The van der Waals surface area contributed by atoms with E-state index >= 15 is 0 Å². The van der Waals surface area contributed by atoms with Gasteiger partial charge in [0, 0.05) is 152 Å². The Morgan fingerprint density at radius 3 is 1.19 bits per heavy atom. The third-order valence-corrected chi connectivity index (χ3v) is 22.6. The number of aryl methyl sites for hydroxylation is 1. The molecule has 0 aliphatic carbocycles. The Hall–Kier alpha value is -13.4. The maximum Gasteiger partial charge on any atom is 0.258 e. The van der Waals surface area contributed by atoms with Crippen molar-refractivity contribution in [3.05, 3.63) is 193 Å². The molecule has 6 N–H and O–H groups in total. The number of hydrogen-bond acceptors (Lipinski definition) is 26. The van der Waals surface area contributed by atoms with Gasteiger partial charge in [0.1, 0.15) is 0 Å². The van der Waals surface area contributed by atoms with Crippen molar-refractivity contribution in [2.75, 3.05) is 133 Å². The molecule has 8 aromatic heterocycles. The van der Waals surface area contributed by atoms with Crippen molar-refractivity contribution in [1.82, 2.24) is 85.4 Å². The third-order valence-electron chi connectivity index (χ3n) is 22.6. The quantitative estimate of drug-likeness (QED) is 0.0194. The van der Waals surface area contributed by atoms with E-state index in [0.29, 0.717) is 159 Å². The predicted molar refractivity (Wildman–Crippen MR) is 516 cm³/mol. The van der Waals surface area contributed by atoms with Crippen molar-refractivity contribution in [1.29, 1.82) is 0 Å². The molecular weight excluding hydrogens is 1670 g/mol. The van der Waals surface area contributed by atoms with Crippen molar-refractivity contribution >= 4 is 43.6 Å².